The van der Waals surface area contributed by atoms with Gasteiger partial charge in [0.2, 0.25) is 0 Å². The molecule has 3 aromatic rings. The lowest BCUT2D eigenvalue weighted by Crippen LogP contribution is -2.28. The molecule has 35 heavy (non-hydrogen) atoms. The molecule has 7 nitrogen and oxygen atoms in total. The number of thioether (sulfide) groups is 1. The molecule has 0 radical (unpaired) electrons. The third-order valence-electron chi connectivity index (χ3n) is 4.78. The first-order chi connectivity index (χ1) is 16.8. The van der Waals surface area contributed by atoms with Crippen LogP contribution in [-0.2, 0) is 9.59 Å². The van der Waals surface area contributed by atoms with Crippen LogP contribution in [0.5, 0.6) is 11.5 Å². The maximum atomic E-state index is 13.5. The molecule has 0 spiro atoms. The predicted molar refractivity (Wildman–Crippen MR) is 129 cm³/mol. The number of ether oxygens (including phenoxy) is 2. The Bertz CT molecular complexity index is 1320. The van der Waals surface area contributed by atoms with Crippen molar-refractivity contribution >= 4 is 46.3 Å². The standard InChI is InChI=1S/C25H18F2N2O5S/c1-33-21-12-15(2-11-20(21)34-14-23(30)31)13-22-24(32)29(19-9-5-17(27)6-10-19)25(35-22)28-18-7-3-16(26)4-8-18/h2-13H,14H2,1H3,(H,30,31)/b22-13-,28-25?. The summed E-state index contributed by atoms with van der Waals surface area (Å²) in [6.07, 6.45) is 1.63. The zero-order valence-corrected chi connectivity index (χ0v) is 19.1. The van der Waals surface area contributed by atoms with Crippen LogP contribution in [0.4, 0.5) is 20.2 Å². The summed E-state index contributed by atoms with van der Waals surface area (Å²) in [4.78, 5) is 30.3. The van der Waals surface area contributed by atoms with Crippen LogP contribution in [-0.4, -0.2) is 35.9 Å². The molecule has 1 saturated heterocycles. The van der Waals surface area contributed by atoms with E-state index in [1.165, 1.54) is 60.5 Å². The zero-order valence-electron chi connectivity index (χ0n) is 18.3. The second-order valence-corrected chi connectivity index (χ2v) is 8.20. The molecule has 0 bridgehead atoms. The number of carbonyl (C=O) groups excluding carboxylic acids is 1. The predicted octanol–water partition coefficient (Wildman–Crippen LogP) is 5.25. The number of halogens is 2. The van der Waals surface area contributed by atoms with Crippen LogP contribution >= 0.6 is 11.8 Å². The van der Waals surface area contributed by atoms with Crippen molar-refractivity contribution in [3.8, 4) is 11.5 Å². The van der Waals surface area contributed by atoms with E-state index in [0.29, 0.717) is 32.8 Å². The van der Waals surface area contributed by atoms with E-state index in [-0.39, 0.29) is 11.7 Å². The molecule has 1 amide bonds. The molecule has 0 atom stereocenters. The zero-order chi connectivity index (χ0) is 24.9. The molecule has 10 heteroatoms. The van der Waals surface area contributed by atoms with Gasteiger partial charge in [-0.2, -0.15) is 0 Å². The molecule has 0 unspecified atom stereocenters. The van der Waals surface area contributed by atoms with E-state index in [2.05, 4.69) is 4.99 Å². The molecular formula is C25H18F2N2O5S. The van der Waals surface area contributed by atoms with Gasteiger partial charge in [-0.1, -0.05) is 6.07 Å². The van der Waals surface area contributed by atoms with Crippen molar-refractivity contribution in [1.82, 2.24) is 0 Å². The highest BCUT2D eigenvalue weighted by atomic mass is 32.2. The van der Waals surface area contributed by atoms with Crippen molar-refractivity contribution in [1.29, 1.82) is 0 Å². The highest BCUT2D eigenvalue weighted by Gasteiger charge is 2.34. The third-order valence-corrected chi connectivity index (χ3v) is 5.75. The molecular weight excluding hydrogens is 478 g/mol. The van der Waals surface area contributed by atoms with Gasteiger partial charge in [0, 0.05) is 0 Å². The molecule has 0 aromatic heterocycles. The van der Waals surface area contributed by atoms with E-state index in [9.17, 15) is 18.4 Å². The van der Waals surface area contributed by atoms with Crippen LogP contribution in [0.25, 0.3) is 6.08 Å². The first kappa shape index (κ1) is 24.0. The maximum Gasteiger partial charge on any atom is 0.341 e. The second-order valence-electron chi connectivity index (χ2n) is 7.19. The number of anilines is 1. The number of amides is 1. The Kier molecular flexibility index (Phi) is 7.11. The van der Waals surface area contributed by atoms with Gasteiger partial charge in [-0.3, -0.25) is 9.69 Å². The van der Waals surface area contributed by atoms with Crippen molar-refractivity contribution in [2.24, 2.45) is 4.99 Å². The Morgan fingerprint density at radius 2 is 1.69 bits per heavy atom. The molecule has 3 aromatic carbocycles. The normalized spacial score (nSPS) is 15.6. The van der Waals surface area contributed by atoms with Crippen LogP contribution in [0, 0.1) is 11.6 Å². The van der Waals surface area contributed by atoms with Gasteiger partial charge in [-0.25, -0.2) is 18.6 Å². The van der Waals surface area contributed by atoms with Gasteiger partial charge < -0.3 is 14.6 Å². The minimum absolute atomic E-state index is 0.244. The quantitative estimate of drug-likeness (QED) is 0.450. The molecule has 1 N–H and O–H groups in total. The molecule has 1 fully saturated rings. The topological polar surface area (TPSA) is 88.4 Å². The third kappa shape index (κ3) is 5.67. The smallest absolute Gasteiger partial charge is 0.341 e. The van der Waals surface area contributed by atoms with Gasteiger partial charge in [0.15, 0.2) is 23.3 Å². The summed E-state index contributed by atoms with van der Waals surface area (Å²) in [6.45, 7) is -0.527. The van der Waals surface area contributed by atoms with Crippen LogP contribution in [0.2, 0.25) is 0 Å². The van der Waals surface area contributed by atoms with Crippen LogP contribution < -0.4 is 14.4 Å². The number of hydrogen-bond acceptors (Lipinski definition) is 6. The number of aliphatic carboxylic acids is 1. The minimum atomic E-state index is -1.12. The van der Waals surface area contributed by atoms with E-state index in [1.807, 2.05) is 0 Å². The van der Waals surface area contributed by atoms with E-state index >= 15 is 0 Å². The number of carboxylic acids is 1. The van der Waals surface area contributed by atoms with Crippen molar-refractivity contribution < 1.29 is 33.0 Å². The van der Waals surface area contributed by atoms with Gasteiger partial charge in [0.1, 0.15) is 11.6 Å². The number of carbonyl (C=O) groups is 2. The number of aliphatic imine (C=N–C) groups is 1. The van der Waals surface area contributed by atoms with E-state index < -0.39 is 24.2 Å². The summed E-state index contributed by atoms with van der Waals surface area (Å²) >= 11 is 1.10. The second kappa shape index (κ2) is 10.4. The summed E-state index contributed by atoms with van der Waals surface area (Å²) < 4.78 is 37.3. The Morgan fingerprint density at radius 3 is 2.31 bits per heavy atom. The Labute approximate surface area is 203 Å². The lowest BCUT2D eigenvalue weighted by Gasteiger charge is -2.15. The summed E-state index contributed by atoms with van der Waals surface area (Å²) in [5.41, 5.74) is 1.46. The van der Waals surface area contributed by atoms with Gasteiger partial charge >= 0.3 is 5.97 Å². The highest BCUT2D eigenvalue weighted by Crippen LogP contribution is 2.38. The molecule has 1 aliphatic heterocycles. The van der Waals surface area contributed by atoms with Crippen molar-refractivity contribution in [3.05, 3.63) is 88.8 Å². The largest absolute Gasteiger partial charge is 0.493 e. The van der Waals surface area contributed by atoms with Crippen molar-refractivity contribution in [2.75, 3.05) is 18.6 Å². The number of methoxy groups -OCH3 is 1. The summed E-state index contributed by atoms with van der Waals surface area (Å²) in [7, 11) is 1.42. The van der Waals surface area contributed by atoms with Crippen molar-refractivity contribution in [3.63, 3.8) is 0 Å². The Hall–Kier alpha value is -4.18. The summed E-state index contributed by atoms with van der Waals surface area (Å²) in [6, 6.07) is 15.7. The molecule has 1 aliphatic rings. The average Bonchev–Trinajstić information content (AvgIpc) is 3.14. The van der Waals surface area contributed by atoms with E-state index in [1.54, 1.807) is 24.3 Å². The fourth-order valence-corrected chi connectivity index (χ4v) is 4.18. The number of nitrogens with zero attached hydrogens (tertiary/aromatic N) is 2. The Balaban J connectivity index is 1.70. The lowest BCUT2D eigenvalue weighted by atomic mass is 10.2. The molecule has 0 aliphatic carbocycles. The molecule has 178 valence electrons. The maximum absolute atomic E-state index is 13.5. The van der Waals surface area contributed by atoms with Gasteiger partial charge in [0.05, 0.1) is 23.4 Å². The monoisotopic (exact) mass is 496 g/mol. The SMILES string of the molecule is COc1cc(/C=C2\SC(=Nc3ccc(F)cc3)N(c3ccc(F)cc3)C2=O)ccc1OCC(=O)O. The minimum Gasteiger partial charge on any atom is -0.493 e. The van der Waals surface area contributed by atoms with Gasteiger partial charge in [-0.15, -0.1) is 0 Å². The first-order valence-corrected chi connectivity index (χ1v) is 11.0. The summed E-state index contributed by atoms with van der Waals surface area (Å²) in [5, 5.41) is 9.13. The first-order valence-electron chi connectivity index (χ1n) is 10.2. The number of amidine groups is 1. The summed E-state index contributed by atoms with van der Waals surface area (Å²) in [5.74, 6) is -1.82. The van der Waals surface area contributed by atoms with Crippen LogP contribution in [0.1, 0.15) is 5.56 Å². The van der Waals surface area contributed by atoms with Gasteiger partial charge in [-0.05, 0) is 84.1 Å². The average molecular weight is 496 g/mol. The van der Waals surface area contributed by atoms with Crippen molar-refractivity contribution in [2.45, 2.75) is 0 Å². The van der Waals surface area contributed by atoms with E-state index in [4.69, 9.17) is 14.6 Å². The van der Waals surface area contributed by atoms with Crippen LogP contribution in [0.3, 0.4) is 0 Å². The fraction of sp³-hybridized carbons (Fsp3) is 0.0800. The molecule has 0 saturated carbocycles. The number of carboxylic acid groups (broad SMARTS) is 1. The highest BCUT2D eigenvalue weighted by molar-refractivity contribution is 8.19. The van der Waals surface area contributed by atoms with E-state index in [0.717, 1.165) is 11.8 Å². The lowest BCUT2D eigenvalue weighted by molar-refractivity contribution is -0.139. The Morgan fingerprint density at radius 1 is 1.03 bits per heavy atom. The fourth-order valence-electron chi connectivity index (χ4n) is 3.18. The number of hydrogen-bond donors (Lipinski definition) is 1. The molecule has 1 heterocycles. The van der Waals surface area contributed by atoms with Crippen LogP contribution in [0.15, 0.2) is 76.6 Å². The number of benzene rings is 3. The number of rotatable bonds is 7. The van der Waals surface area contributed by atoms with Gasteiger partial charge in [0.25, 0.3) is 5.91 Å². The molecule has 4 rings (SSSR count).